The van der Waals surface area contributed by atoms with E-state index in [9.17, 15) is 19.2 Å². The van der Waals surface area contributed by atoms with Crippen LogP contribution < -0.4 is 10.6 Å². The van der Waals surface area contributed by atoms with Gasteiger partial charge in [-0.3, -0.25) is 14.4 Å². The fourth-order valence-corrected chi connectivity index (χ4v) is 8.56. The zero-order valence-corrected chi connectivity index (χ0v) is 34.9. The number of aromatic nitrogens is 4. The minimum absolute atomic E-state index is 0.00262. The van der Waals surface area contributed by atoms with Crippen molar-refractivity contribution in [3.8, 4) is 34.2 Å². The molecule has 3 fully saturated rings. The zero-order chi connectivity index (χ0) is 43.3. The number of carbonyl (C=O) groups is 4. The Morgan fingerprint density at radius 2 is 1.16 bits per heavy atom. The first-order valence-corrected chi connectivity index (χ1v) is 21.5. The van der Waals surface area contributed by atoms with Crippen molar-refractivity contribution in [3.63, 3.8) is 0 Å². The second kappa shape index (κ2) is 18.3. The molecule has 63 heavy (non-hydrogen) atoms. The van der Waals surface area contributed by atoms with E-state index in [4.69, 9.17) is 9.72 Å². The number of hydrogen-bond acceptors (Lipinski definition) is 7. The molecule has 4 amide bonds. The Morgan fingerprint density at radius 1 is 0.635 bits per heavy atom. The van der Waals surface area contributed by atoms with Crippen LogP contribution in [0.2, 0.25) is 0 Å². The number of likely N-dealkylation sites (tertiary alicyclic amines) is 2. The highest BCUT2D eigenvalue weighted by Gasteiger charge is 2.40. The number of carbonyl (C=O) groups excluding carboxylic acids is 4. The molecular weight excluding hydrogens is 793 g/mol. The lowest BCUT2D eigenvalue weighted by Crippen LogP contribution is -2.43. The summed E-state index contributed by atoms with van der Waals surface area (Å²) >= 11 is 0. The van der Waals surface area contributed by atoms with Crippen molar-refractivity contribution in [1.29, 1.82) is 0 Å². The molecule has 13 nitrogen and oxygen atoms in total. The van der Waals surface area contributed by atoms with E-state index in [1.165, 1.54) is 7.11 Å². The van der Waals surface area contributed by atoms with Crippen molar-refractivity contribution in [3.05, 3.63) is 156 Å². The third-order valence-corrected chi connectivity index (χ3v) is 12.1. The van der Waals surface area contributed by atoms with Crippen LogP contribution in [0, 0.1) is 17.8 Å². The first-order valence-electron chi connectivity index (χ1n) is 21.5. The monoisotopic (exact) mass is 840 g/mol. The predicted octanol–water partition coefficient (Wildman–Crippen LogP) is 7.56. The highest BCUT2D eigenvalue weighted by molar-refractivity contribution is 5.91. The highest BCUT2D eigenvalue weighted by atomic mass is 16.5. The molecule has 4 heterocycles. The Balaban J connectivity index is 0.833. The number of nitrogens with one attached hydrogen (secondary N) is 4. The van der Waals surface area contributed by atoms with Crippen LogP contribution in [0.25, 0.3) is 22.4 Å². The minimum Gasteiger partial charge on any atom is -0.453 e. The number of ether oxygens (including phenoxy) is 1. The fraction of sp³-hybridized carbons (Fsp3) is 0.280. The van der Waals surface area contributed by atoms with E-state index >= 15 is 0 Å². The quantitative estimate of drug-likeness (QED) is 0.0978. The molecule has 6 aromatic rings. The third-order valence-electron chi connectivity index (χ3n) is 12.1. The molecule has 1 saturated carbocycles. The predicted molar refractivity (Wildman–Crippen MR) is 236 cm³/mol. The molecule has 9 rings (SSSR count). The molecule has 2 aliphatic heterocycles. The van der Waals surface area contributed by atoms with Gasteiger partial charge in [0, 0.05) is 24.6 Å². The number of H-pyrrole nitrogens is 2. The van der Waals surface area contributed by atoms with Crippen LogP contribution in [0.3, 0.4) is 0 Å². The van der Waals surface area contributed by atoms with Crippen molar-refractivity contribution >= 4 is 23.8 Å². The van der Waals surface area contributed by atoms with Crippen molar-refractivity contribution < 1.29 is 23.9 Å². The summed E-state index contributed by atoms with van der Waals surface area (Å²) in [6, 6.07) is 32.8. The van der Waals surface area contributed by atoms with Gasteiger partial charge in [0.2, 0.25) is 11.8 Å². The van der Waals surface area contributed by atoms with E-state index in [0.717, 1.165) is 77.9 Å². The van der Waals surface area contributed by atoms with Gasteiger partial charge in [0.05, 0.1) is 37.3 Å². The van der Waals surface area contributed by atoms with Crippen LogP contribution >= 0.6 is 0 Å². The molecule has 2 saturated heterocycles. The minimum atomic E-state index is -0.888. The normalized spacial score (nSPS) is 17.9. The van der Waals surface area contributed by atoms with Crippen LogP contribution in [0.1, 0.15) is 96.7 Å². The van der Waals surface area contributed by atoms with Crippen molar-refractivity contribution in [1.82, 2.24) is 40.4 Å². The molecule has 0 spiro atoms. The summed E-state index contributed by atoms with van der Waals surface area (Å²) in [6.45, 7) is 1.14. The topological polar surface area (TPSA) is 165 Å². The highest BCUT2D eigenvalue weighted by Crippen LogP contribution is 2.36. The zero-order valence-electron chi connectivity index (χ0n) is 34.9. The maximum atomic E-state index is 14.1. The molecule has 4 unspecified atom stereocenters. The standard InChI is InChI=1S/C50H48N8O5/c1-63-50(62)56-44(37-12-6-3-7-13-37)49(61)57-28-8-14-41(57)45-51-30-39(53-45)27-18-32-16-19-33(20-17-32)34-21-23-35(24-22-34)40-31-52-46(54-40)42-15-9-29-58(42)48(60)43(36-10-4-2-5-11-36)55-47(59)38-25-26-38/h2-7,10-13,16-17,19-24,30-31,38,41-44H,8-9,14-15,25-26,28-29H2,1H3,(H,51,53)(H,52,54)(H,55,59)(H,56,62). The molecule has 1 aliphatic carbocycles. The van der Waals surface area contributed by atoms with Gasteiger partial charge in [0.25, 0.3) is 5.91 Å². The van der Waals surface area contributed by atoms with Gasteiger partial charge in [-0.2, -0.15) is 0 Å². The number of methoxy groups -OCH3 is 1. The third kappa shape index (κ3) is 9.11. The number of alkyl carbamates (subject to hydrolysis) is 1. The molecule has 3 aliphatic rings. The number of aromatic amines is 2. The first kappa shape index (κ1) is 40.9. The number of amides is 4. The lowest BCUT2D eigenvalue weighted by molar-refractivity contribution is -0.138. The van der Waals surface area contributed by atoms with E-state index in [0.29, 0.717) is 30.2 Å². The molecule has 4 atom stereocenters. The van der Waals surface area contributed by atoms with Gasteiger partial charge < -0.3 is 35.1 Å². The van der Waals surface area contributed by atoms with Crippen LogP contribution in [0.15, 0.2) is 122 Å². The fourth-order valence-electron chi connectivity index (χ4n) is 8.56. The molecule has 4 N–H and O–H groups in total. The van der Waals surface area contributed by atoms with Gasteiger partial charge in [0.15, 0.2) is 0 Å². The number of rotatable bonds is 11. The van der Waals surface area contributed by atoms with Gasteiger partial charge in [-0.05, 0) is 84.4 Å². The largest absolute Gasteiger partial charge is 0.453 e. The second-order valence-electron chi connectivity index (χ2n) is 16.3. The molecule has 13 heteroatoms. The van der Waals surface area contributed by atoms with Gasteiger partial charge in [0.1, 0.15) is 29.4 Å². The molecule has 0 radical (unpaired) electrons. The lowest BCUT2D eigenvalue weighted by Gasteiger charge is -2.28. The van der Waals surface area contributed by atoms with E-state index in [1.807, 2.05) is 96.0 Å². The van der Waals surface area contributed by atoms with Crippen molar-refractivity contribution in [2.75, 3.05) is 20.2 Å². The smallest absolute Gasteiger partial charge is 0.407 e. The first-order chi connectivity index (χ1) is 30.8. The van der Waals surface area contributed by atoms with Crippen molar-refractivity contribution in [2.45, 2.75) is 62.7 Å². The molecular formula is C50H48N8O5. The van der Waals surface area contributed by atoms with E-state index in [-0.39, 0.29) is 35.7 Å². The number of hydrogen-bond donors (Lipinski definition) is 4. The maximum Gasteiger partial charge on any atom is 0.407 e. The lowest BCUT2D eigenvalue weighted by atomic mass is 10.0. The van der Waals surface area contributed by atoms with E-state index < -0.39 is 18.2 Å². The summed E-state index contributed by atoms with van der Waals surface area (Å²) in [5, 5.41) is 5.74. The van der Waals surface area contributed by atoms with Crippen molar-refractivity contribution in [2.24, 2.45) is 5.92 Å². The maximum absolute atomic E-state index is 14.1. The SMILES string of the molecule is COC(=O)NC(C(=O)N1CCCC1c1ncc(C#Cc2ccc(-c3ccc(-c4cnc(C5CCCN5C(=O)C(NC(=O)C5CC5)c5ccccc5)[nH]4)cc3)cc2)[nH]1)c1ccccc1. The second-order valence-corrected chi connectivity index (χ2v) is 16.3. The van der Waals surface area contributed by atoms with Gasteiger partial charge in [-0.15, -0.1) is 0 Å². The number of nitrogens with zero attached hydrogens (tertiary/aromatic N) is 4. The molecule has 0 bridgehead atoms. The average Bonchev–Trinajstić information content (AvgIpc) is 3.76. The molecule has 2 aromatic heterocycles. The Kier molecular flexibility index (Phi) is 11.9. The van der Waals surface area contributed by atoms with Gasteiger partial charge in [-0.1, -0.05) is 103 Å². The molecule has 318 valence electrons. The number of imidazole rings is 2. The summed E-state index contributed by atoms with van der Waals surface area (Å²) < 4.78 is 4.82. The van der Waals surface area contributed by atoms with Gasteiger partial charge in [-0.25, -0.2) is 14.8 Å². The Morgan fingerprint density at radius 3 is 1.73 bits per heavy atom. The summed E-state index contributed by atoms with van der Waals surface area (Å²) in [6.07, 6.45) is 7.75. The summed E-state index contributed by atoms with van der Waals surface area (Å²) in [4.78, 5) is 72.7. The van der Waals surface area contributed by atoms with Crippen LogP contribution in [-0.4, -0.2) is 73.7 Å². The Hall–Kier alpha value is -7.46. The van der Waals surface area contributed by atoms with Gasteiger partial charge >= 0.3 is 6.09 Å². The Bertz CT molecular complexity index is 2650. The summed E-state index contributed by atoms with van der Waals surface area (Å²) in [5.74, 6) is 7.39. The van der Waals surface area contributed by atoms with Crippen LogP contribution in [0.5, 0.6) is 0 Å². The summed E-state index contributed by atoms with van der Waals surface area (Å²) in [5.41, 5.74) is 6.87. The summed E-state index contributed by atoms with van der Waals surface area (Å²) in [7, 11) is 1.28. The van der Waals surface area contributed by atoms with Crippen LogP contribution in [0.4, 0.5) is 4.79 Å². The average molecular weight is 841 g/mol. The number of benzene rings is 4. The van der Waals surface area contributed by atoms with E-state index in [1.54, 1.807) is 11.1 Å². The Labute approximate surface area is 365 Å². The van der Waals surface area contributed by atoms with E-state index in [2.05, 4.69) is 61.7 Å². The van der Waals surface area contributed by atoms with Crippen LogP contribution in [-0.2, 0) is 19.1 Å². The molecule has 4 aromatic carbocycles.